The molecule has 1 aromatic heterocycles. The molecule has 0 unspecified atom stereocenters. The van der Waals surface area contributed by atoms with Crippen LogP contribution in [0, 0.1) is 13.8 Å². The van der Waals surface area contributed by atoms with E-state index in [1.807, 2.05) is 38.1 Å². The van der Waals surface area contributed by atoms with Crippen molar-refractivity contribution < 1.29 is 4.79 Å². The minimum atomic E-state index is -0.236. The number of hydrogen-bond acceptors (Lipinski definition) is 4. The van der Waals surface area contributed by atoms with Gasteiger partial charge in [-0.3, -0.25) is 4.79 Å². The first-order valence-electron chi connectivity index (χ1n) is 8.53. The molecule has 0 radical (unpaired) electrons. The van der Waals surface area contributed by atoms with Crippen molar-refractivity contribution in [2.45, 2.75) is 40.5 Å². The van der Waals surface area contributed by atoms with Crippen LogP contribution in [-0.2, 0) is 0 Å². The van der Waals surface area contributed by atoms with Gasteiger partial charge in [0.05, 0.1) is 0 Å². The summed E-state index contributed by atoms with van der Waals surface area (Å²) in [6.07, 6.45) is 2.10. The third kappa shape index (κ3) is 4.31. The molecule has 0 aliphatic heterocycles. The first-order valence-corrected chi connectivity index (χ1v) is 8.53. The van der Waals surface area contributed by atoms with Crippen molar-refractivity contribution in [1.29, 1.82) is 0 Å². The number of nitrogens with one attached hydrogen (secondary N) is 1. The predicted octanol–water partition coefficient (Wildman–Crippen LogP) is 3.97. The van der Waals surface area contributed by atoms with E-state index in [9.17, 15) is 4.79 Å². The van der Waals surface area contributed by atoms with Gasteiger partial charge in [0.25, 0.3) is 5.91 Å². The van der Waals surface area contributed by atoms with Gasteiger partial charge in [0.15, 0.2) is 11.5 Å². The molecule has 2 rings (SSSR count). The SMILES string of the molecule is CCCN(CCC)c1ccc(C(=O)Nc2cccc(C)c2C)nn1. The van der Waals surface area contributed by atoms with E-state index in [0.29, 0.717) is 5.69 Å². The largest absolute Gasteiger partial charge is 0.355 e. The molecule has 0 bridgehead atoms. The van der Waals surface area contributed by atoms with E-state index in [4.69, 9.17) is 0 Å². The number of aryl methyl sites for hydroxylation is 1. The second-order valence-electron chi connectivity index (χ2n) is 5.97. The molecule has 24 heavy (non-hydrogen) atoms. The lowest BCUT2D eigenvalue weighted by Gasteiger charge is -2.21. The fraction of sp³-hybridized carbons (Fsp3) is 0.421. The number of hydrogen-bond donors (Lipinski definition) is 1. The molecule has 0 aliphatic carbocycles. The summed E-state index contributed by atoms with van der Waals surface area (Å²) in [4.78, 5) is 14.6. The molecule has 0 atom stereocenters. The van der Waals surface area contributed by atoms with Crippen LogP contribution < -0.4 is 10.2 Å². The third-order valence-electron chi connectivity index (χ3n) is 4.05. The number of amides is 1. The number of carbonyl (C=O) groups excluding carboxylic acids is 1. The van der Waals surface area contributed by atoms with Gasteiger partial charge in [-0.2, -0.15) is 0 Å². The van der Waals surface area contributed by atoms with Gasteiger partial charge < -0.3 is 10.2 Å². The van der Waals surface area contributed by atoms with E-state index < -0.39 is 0 Å². The zero-order valence-electron chi connectivity index (χ0n) is 15.0. The van der Waals surface area contributed by atoms with Gasteiger partial charge in [0.1, 0.15) is 0 Å². The molecule has 0 saturated heterocycles. The zero-order chi connectivity index (χ0) is 17.5. The summed E-state index contributed by atoms with van der Waals surface area (Å²) in [5.41, 5.74) is 3.34. The van der Waals surface area contributed by atoms with Crippen LogP contribution >= 0.6 is 0 Å². The maximum absolute atomic E-state index is 12.4. The fourth-order valence-corrected chi connectivity index (χ4v) is 2.57. The van der Waals surface area contributed by atoms with Gasteiger partial charge >= 0.3 is 0 Å². The fourth-order valence-electron chi connectivity index (χ4n) is 2.57. The summed E-state index contributed by atoms with van der Waals surface area (Å²) in [5, 5.41) is 11.3. The molecule has 5 heteroatoms. The van der Waals surface area contributed by atoms with Crippen molar-refractivity contribution in [2.75, 3.05) is 23.3 Å². The molecular formula is C19H26N4O. The van der Waals surface area contributed by atoms with Crippen molar-refractivity contribution in [1.82, 2.24) is 10.2 Å². The predicted molar refractivity (Wildman–Crippen MR) is 98.7 cm³/mol. The molecule has 1 heterocycles. The topological polar surface area (TPSA) is 58.1 Å². The summed E-state index contributed by atoms with van der Waals surface area (Å²) < 4.78 is 0. The Morgan fingerprint density at radius 2 is 1.75 bits per heavy atom. The maximum atomic E-state index is 12.4. The number of anilines is 2. The highest BCUT2D eigenvalue weighted by molar-refractivity contribution is 6.03. The molecular weight excluding hydrogens is 300 g/mol. The normalized spacial score (nSPS) is 10.5. The lowest BCUT2D eigenvalue weighted by molar-refractivity contribution is 0.102. The van der Waals surface area contributed by atoms with Crippen LogP contribution in [0.3, 0.4) is 0 Å². The molecule has 0 spiro atoms. The van der Waals surface area contributed by atoms with E-state index in [2.05, 4.69) is 34.3 Å². The second kappa shape index (κ2) is 8.43. The molecule has 1 aromatic carbocycles. The van der Waals surface area contributed by atoms with E-state index in [1.165, 1.54) is 0 Å². The lowest BCUT2D eigenvalue weighted by Crippen LogP contribution is -2.26. The monoisotopic (exact) mass is 326 g/mol. The molecule has 0 fully saturated rings. The van der Waals surface area contributed by atoms with Crippen LogP contribution in [0.2, 0.25) is 0 Å². The highest BCUT2D eigenvalue weighted by Crippen LogP contribution is 2.19. The molecule has 2 aromatic rings. The van der Waals surface area contributed by atoms with Crippen molar-refractivity contribution in [2.24, 2.45) is 0 Å². The summed E-state index contributed by atoms with van der Waals surface area (Å²) in [7, 11) is 0. The number of aromatic nitrogens is 2. The third-order valence-corrected chi connectivity index (χ3v) is 4.05. The lowest BCUT2D eigenvalue weighted by atomic mass is 10.1. The van der Waals surface area contributed by atoms with E-state index in [-0.39, 0.29) is 5.91 Å². The van der Waals surface area contributed by atoms with Crippen LogP contribution in [0.1, 0.15) is 48.3 Å². The van der Waals surface area contributed by atoms with E-state index >= 15 is 0 Å². The van der Waals surface area contributed by atoms with Crippen molar-refractivity contribution in [3.05, 3.63) is 47.2 Å². The van der Waals surface area contributed by atoms with Crippen molar-refractivity contribution in [3.8, 4) is 0 Å². The minimum Gasteiger partial charge on any atom is -0.355 e. The molecule has 1 N–H and O–H groups in total. The summed E-state index contributed by atoms with van der Waals surface area (Å²) in [5.74, 6) is 0.585. The summed E-state index contributed by atoms with van der Waals surface area (Å²) in [6.45, 7) is 10.2. The Kier molecular flexibility index (Phi) is 6.29. The standard InChI is InChI=1S/C19H26N4O/c1-5-12-23(13-6-2)18-11-10-17(21-22-18)19(24)20-16-9-7-8-14(3)15(16)4/h7-11H,5-6,12-13H2,1-4H3,(H,20,24). The minimum absolute atomic E-state index is 0.236. The molecule has 128 valence electrons. The van der Waals surface area contributed by atoms with Crippen LogP contribution in [0.25, 0.3) is 0 Å². The van der Waals surface area contributed by atoms with Crippen LogP contribution in [0.4, 0.5) is 11.5 Å². The number of carbonyl (C=O) groups is 1. The van der Waals surface area contributed by atoms with Gasteiger partial charge in [-0.15, -0.1) is 10.2 Å². The van der Waals surface area contributed by atoms with Crippen LogP contribution in [0.15, 0.2) is 30.3 Å². The number of rotatable bonds is 7. The summed E-state index contributed by atoms with van der Waals surface area (Å²) >= 11 is 0. The Bertz CT molecular complexity index is 676. The zero-order valence-corrected chi connectivity index (χ0v) is 15.0. The Balaban J connectivity index is 2.12. The molecule has 1 amide bonds. The number of nitrogens with zero attached hydrogens (tertiary/aromatic N) is 3. The van der Waals surface area contributed by atoms with Crippen molar-refractivity contribution in [3.63, 3.8) is 0 Å². The highest BCUT2D eigenvalue weighted by atomic mass is 16.1. The number of benzene rings is 1. The average molecular weight is 326 g/mol. The smallest absolute Gasteiger partial charge is 0.276 e. The second-order valence-corrected chi connectivity index (χ2v) is 5.97. The quantitative estimate of drug-likeness (QED) is 0.836. The highest BCUT2D eigenvalue weighted by Gasteiger charge is 2.12. The van der Waals surface area contributed by atoms with Crippen LogP contribution in [-0.4, -0.2) is 29.2 Å². The molecule has 0 saturated carbocycles. The molecule has 0 aliphatic rings. The summed E-state index contributed by atoms with van der Waals surface area (Å²) in [6, 6.07) is 9.46. The molecule has 5 nitrogen and oxygen atoms in total. The first kappa shape index (κ1) is 17.9. The maximum Gasteiger partial charge on any atom is 0.276 e. The van der Waals surface area contributed by atoms with Crippen molar-refractivity contribution >= 4 is 17.4 Å². The van der Waals surface area contributed by atoms with Gasteiger partial charge in [0, 0.05) is 18.8 Å². The van der Waals surface area contributed by atoms with Gasteiger partial charge in [-0.05, 0) is 56.0 Å². The van der Waals surface area contributed by atoms with Gasteiger partial charge in [-0.25, -0.2) is 0 Å². The van der Waals surface area contributed by atoms with E-state index in [1.54, 1.807) is 6.07 Å². The Morgan fingerprint density at radius 1 is 1.04 bits per heavy atom. The van der Waals surface area contributed by atoms with Crippen LogP contribution in [0.5, 0.6) is 0 Å². The van der Waals surface area contributed by atoms with Gasteiger partial charge in [-0.1, -0.05) is 26.0 Å². The first-order chi connectivity index (χ1) is 11.6. The Hall–Kier alpha value is -2.43. The Morgan fingerprint density at radius 3 is 2.33 bits per heavy atom. The Labute approximate surface area is 144 Å². The average Bonchev–Trinajstić information content (AvgIpc) is 2.59. The van der Waals surface area contributed by atoms with E-state index in [0.717, 1.165) is 48.6 Å². The van der Waals surface area contributed by atoms with Gasteiger partial charge in [0.2, 0.25) is 0 Å².